The lowest BCUT2D eigenvalue weighted by Crippen LogP contribution is -2.48. The summed E-state index contributed by atoms with van der Waals surface area (Å²) in [5.41, 5.74) is 2.82. The van der Waals surface area contributed by atoms with E-state index < -0.39 is 0 Å². The Kier molecular flexibility index (Phi) is 3.88. The highest BCUT2D eigenvalue weighted by Crippen LogP contribution is 2.21. The van der Waals surface area contributed by atoms with Crippen LogP contribution in [0, 0.1) is 6.92 Å². The third kappa shape index (κ3) is 2.90. The molecule has 1 aromatic heterocycles. The van der Waals surface area contributed by atoms with Gasteiger partial charge in [-0.05, 0) is 31.2 Å². The number of hydrogen-bond acceptors (Lipinski definition) is 2. The summed E-state index contributed by atoms with van der Waals surface area (Å²) in [4.78, 5) is 19.7. The number of aromatic amines is 1. The highest BCUT2D eigenvalue weighted by atomic mass is 35.5. The molecule has 0 bridgehead atoms. The highest BCUT2D eigenvalue weighted by molar-refractivity contribution is 6.30. The second kappa shape index (κ2) is 5.82. The fraction of sp³-hybridized carbons (Fsp3) is 0.312. The quantitative estimate of drug-likeness (QED) is 0.926. The van der Waals surface area contributed by atoms with E-state index in [0.29, 0.717) is 0 Å². The topological polar surface area (TPSA) is 39.3 Å². The first-order chi connectivity index (χ1) is 10.1. The number of nitrogens with zero attached hydrogens (tertiary/aromatic N) is 2. The van der Waals surface area contributed by atoms with E-state index in [0.717, 1.165) is 48.1 Å². The van der Waals surface area contributed by atoms with Crippen molar-refractivity contribution in [3.63, 3.8) is 0 Å². The number of carbonyl (C=O) groups excluding carboxylic acids is 1. The lowest BCUT2D eigenvalue weighted by molar-refractivity contribution is 0.0746. The van der Waals surface area contributed by atoms with E-state index >= 15 is 0 Å². The molecule has 21 heavy (non-hydrogen) atoms. The number of carbonyl (C=O) groups is 1. The molecule has 1 aliphatic heterocycles. The fourth-order valence-electron chi connectivity index (χ4n) is 2.70. The summed E-state index contributed by atoms with van der Waals surface area (Å²) >= 11 is 6.03. The number of halogens is 1. The van der Waals surface area contributed by atoms with E-state index in [1.54, 1.807) is 0 Å². The Morgan fingerprint density at radius 3 is 2.57 bits per heavy atom. The first kappa shape index (κ1) is 14.0. The van der Waals surface area contributed by atoms with Crippen molar-refractivity contribution in [2.24, 2.45) is 0 Å². The standard InChI is InChI=1S/C16H18ClN3O/c1-12-15(5-6-18-12)16(21)20-9-7-19(8-10-20)14-4-2-3-13(17)11-14/h2-6,11,18H,7-10H2,1H3. The van der Waals surface area contributed by atoms with Crippen LogP contribution in [0.4, 0.5) is 5.69 Å². The fourth-order valence-corrected chi connectivity index (χ4v) is 2.88. The number of nitrogens with one attached hydrogen (secondary N) is 1. The number of hydrogen-bond donors (Lipinski definition) is 1. The molecule has 0 saturated carbocycles. The van der Waals surface area contributed by atoms with E-state index in [1.165, 1.54) is 0 Å². The Morgan fingerprint density at radius 1 is 1.19 bits per heavy atom. The summed E-state index contributed by atoms with van der Waals surface area (Å²) in [7, 11) is 0. The average molecular weight is 304 g/mol. The molecule has 0 atom stereocenters. The normalized spacial score (nSPS) is 15.3. The summed E-state index contributed by atoms with van der Waals surface area (Å²) in [5.74, 6) is 0.111. The molecule has 1 aliphatic rings. The maximum atomic E-state index is 12.4. The van der Waals surface area contributed by atoms with Crippen molar-refractivity contribution in [2.45, 2.75) is 6.92 Å². The number of piperazine rings is 1. The van der Waals surface area contributed by atoms with Crippen molar-refractivity contribution in [2.75, 3.05) is 31.1 Å². The molecule has 1 aromatic carbocycles. The third-order valence-corrected chi connectivity index (χ3v) is 4.16. The molecule has 0 spiro atoms. The minimum absolute atomic E-state index is 0.111. The van der Waals surface area contributed by atoms with Gasteiger partial charge in [0.05, 0.1) is 5.56 Å². The molecular formula is C16H18ClN3O. The van der Waals surface area contributed by atoms with Crippen LogP contribution in [0.2, 0.25) is 5.02 Å². The number of benzene rings is 1. The molecule has 0 unspecified atom stereocenters. The van der Waals surface area contributed by atoms with Crippen LogP contribution in [-0.2, 0) is 0 Å². The number of aromatic nitrogens is 1. The Balaban J connectivity index is 1.65. The van der Waals surface area contributed by atoms with Crippen LogP contribution >= 0.6 is 11.6 Å². The Bertz CT molecular complexity index is 644. The van der Waals surface area contributed by atoms with E-state index in [4.69, 9.17) is 11.6 Å². The zero-order valence-electron chi connectivity index (χ0n) is 12.0. The summed E-state index contributed by atoms with van der Waals surface area (Å²) in [5, 5.41) is 0.744. The molecule has 1 amide bonds. The Hall–Kier alpha value is -1.94. The van der Waals surface area contributed by atoms with Gasteiger partial charge in [-0.15, -0.1) is 0 Å². The number of amides is 1. The maximum Gasteiger partial charge on any atom is 0.255 e. The van der Waals surface area contributed by atoms with Gasteiger partial charge in [-0.1, -0.05) is 17.7 Å². The van der Waals surface area contributed by atoms with Crippen LogP contribution in [0.5, 0.6) is 0 Å². The van der Waals surface area contributed by atoms with Gasteiger partial charge < -0.3 is 14.8 Å². The minimum atomic E-state index is 0.111. The van der Waals surface area contributed by atoms with Gasteiger partial charge in [0.1, 0.15) is 0 Å². The first-order valence-electron chi connectivity index (χ1n) is 7.09. The van der Waals surface area contributed by atoms with E-state index in [1.807, 2.05) is 42.3 Å². The van der Waals surface area contributed by atoms with Crippen molar-refractivity contribution in [1.82, 2.24) is 9.88 Å². The first-order valence-corrected chi connectivity index (χ1v) is 7.47. The SMILES string of the molecule is Cc1[nH]ccc1C(=O)N1CCN(c2cccc(Cl)c2)CC1. The molecule has 2 heterocycles. The third-order valence-electron chi connectivity index (χ3n) is 3.92. The van der Waals surface area contributed by atoms with E-state index in [2.05, 4.69) is 16.0 Å². The number of rotatable bonds is 2. The van der Waals surface area contributed by atoms with Crippen molar-refractivity contribution in [3.05, 3.63) is 52.8 Å². The molecule has 0 aliphatic carbocycles. The average Bonchev–Trinajstić information content (AvgIpc) is 2.93. The summed E-state index contributed by atoms with van der Waals surface area (Å²) in [6.07, 6.45) is 1.81. The van der Waals surface area contributed by atoms with Crippen LogP contribution in [0.1, 0.15) is 16.1 Å². The maximum absolute atomic E-state index is 12.4. The minimum Gasteiger partial charge on any atom is -0.368 e. The zero-order chi connectivity index (χ0) is 14.8. The van der Waals surface area contributed by atoms with Gasteiger partial charge in [-0.25, -0.2) is 0 Å². The molecule has 3 rings (SSSR count). The van der Waals surface area contributed by atoms with Crippen molar-refractivity contribution in [3.8, 4) is 0 Å². The van der Waals surface area contributed by atoms with Gasteiger partial charge in [-0.3, -0.25) is 4.79 Å². The Labute approximate surface area is 129 Å². The van der Waals surface area contributed by atoms with Gasteiger partial charge in [0.2, 0.25) is 0 Å². The number of H-pyrrole nitrogens is 1. The summed E-state index contributed by atoms with van der Waals surface area (Å²) in [6.45, 7) is 5.05. The second-order valence-corrected chi connectivity index (χ2v) is 5.71. The molecule has 1 N–H and O–H groups in total. The molecule has 5 heteroatoms. The largest absolute Gasteiger partial charge is 0.368 e. The van der Waals surface area contributed by atoms with Crippen molar-refractivity contribution >= 4 is 23.2 Å². The van der Waals surface area contributed by atoms with Gasteiger partial charge in [0, 0.05) is 48.8 Å². The van der Waals surface area contributed by atoms with Crippen LogP contribution in [0.25, 0.3) is 0 Å². The predicted octanol–water partition coefficient (Wildman–Crippen LogP) is 2.94. The van der Waals surface area contributed by atoms with Crippen LogP contribution in [-0.4, -0.2) is 42.0 Å². The molecule has 110 valence electrons. The predicted molar refractivity (Wildman–Crippen MR) is 85.1 cm³/mol. The molecule has 1 saturated heterocycles. The smallest absolute Gasteiger partial charge is 0.255 e. The van der Waals surface area contributed by atoms with Gasteiger partial charge in [0.25, 0.3) is 5.91 Å². The van der Waals surface area contributed by atoms with E-state index in [9.17, 15) is 4.79 Å². The monoisotopic (exact) mass is 303 g/mol. The lowest BCUT2D eigenvalue weighted by Gasteiger charge is -2.36. The molecular weight excluding hydrogens is 286 g/mol. The summed E-state index contributed by atoms with van der Waals surface area (Å²) < 4.78 is 0. The summed E-state index contributed by atoms with van der Waals surface area (Å²) in [6, 6.07) is 9.70. The van der Waals surface area contributed by atoms with Crippen molar-refractivity contribution in [1.29, 1.82) is 0 Å². The molecule has 0 radical (unpaired) electrons. The number of aryl methyl sites for hydroxylation is 1. The zero-order valence-corrected chi connectivity index (χ0v) is 12.7. The van der Waals surface area contributed by atoms with Crippen LogP contribution < -0.4 is 4.90 Å². The van der Waals surface area contributed by atoms with Crippen molar-refractivity contribution < 1.29 is 4.79 Å². The van der Waals surface area contributed by atoms with Crippen LogP contribution in [0.3, 0.4) is 0 Å². The van der Waals surface area contributed by atoms with E-state index in [-0.39, 0.29) is 5.91 Å². The Morgan fingerprint density at radius 2 is 1.95 bits per heavy atom. The van der Waals surface area contributed by atoms with Gasteiger partial charge in [-0.2, -0.15) is 0 Å². The molecule has 2 aromatic rings. The molecule has 1 fully saturated rings. The van der Waals surface area contributed by atoms with Gasteiger partial charge in [0.15, 0.2) is 0 Å². The van der Waals surface area contributed by atoms with Crippen LogP contribution in [0.15, 0.2) is 36.5 Å². The highest BCUT2D eigenvalue weighted by Gasteiger charge is 2.23. The van der Waals surface area contributed by atoms with Gasteiger partial charge >= 0.3 is 0 Å². The second-order valence-electron chi connectivity index (χ2n) is 5.28. The number of anilines is 1. The molecule has 4 nitrogen and oxygen atoms in total. The lowest BCUT2D eigenvalue weighted by atomic mass is 10.2.